The molecule has 2 aromatic carbocycles. The van der Waals surface area contributed by atoms with E-state index in [9.17, 15) is 31.8 Å². The molecule has 19 nitrogen and oxygen atoms in total. The number of fused-ring (bicyclic) bond motifs is 1. The summed E-state index contributed by atoms with van der Waals surface area (Å²) >= 11 is 18.2. The van der Waals surface area contributed by atoms with Crippen molar-refractivity contribution in [2.45, 2.75) is 50.8 Å². The van der Waals surface area contributed by atoms with Crippen LogP contribution in [0.1, 0.15) is 38.2 Å². The second-order valence-corrected chi connectivity index (χ2v) is 16.9. The number of imide groups is 1. The minimum Gasteiger partial charge on any atom is -0.481 e. The number of halogens is 4. The molecule has 0 saturated heterocycles. The number of anilines is 2. The molecule has 3 heterocycles. The summed E-state index contributed by atoms with van der Waals surface area (Å²) in [5.74, 6) is 0.0502. The summed E-state index contributed by atoms with van der Waals surface area (Å²) in [6.07, 6.45) is 6.87. The molecular formula is C35H36Cl3FN7O12PS. The molecule has 1 aliphatic carbocycles. The molecule has 5 N–H and O–H groups in total. The molecule has 4 aromatic rings. The lowest BCUT2D eigenvalue weighted by molar-refractivity contribution is -0.136. The number of sulfonamides is 1. The number of methoxy groups -OCH3 is 2. The van der Waals surface area contributed by atoms with Crippen molar-refractivity contribution in [3.63, 3.8) is 0 Å². The van der Waals surface area contributed by atoms with Crippen molar-refractivity contribution >= 4 is 87.4 Å². The number of terminal acetylenes is 1. The van der Waals surface area contributed by atoms with E-state index >= 15 is 0 Å². The van der Waals surface area contributed by atoms with Gasteiger partial charge in [0.2, 0.25) is 11.8 Å². The molecule has 0 spiro atoms. The fourth-order valence-electron chi connectivity index (χ4n) is 5.37. The van der Waals surface area contributed by atoms with Crippen molar-refractivity contribution in [1.29, 1.82) is 0 Å². The highest BCUT2D eigenvalue weighted by molar-refractivity contribution is 7.92. The van der Waals surface area contributed by atoms with Gasteiger partial charge in [-0.1, -0.05) is 46.8 Å². The van der Waals surface area contributed by atoms with E-state index < -0.39 is 65.3 Å². The summed E-state index contributed by atoms with van der Waals surface area (Å²) in [5, 5.41) is 13.8. The summed E-state index contributed by atoms with van der Waals surface area (Å²) in [6, 6.07) is 6.92. The van der Waals surface area contributed by atoms with Gasteiger partial charge >= 0.3 is 13.6 Å². The number of aliphatic carboxylic acids is 1. The number of carbonyl (C=O) groups excluding carboxylic acids is 2. The Morgan fingerprint density at radius 1 is 1.05 bits per heavy atom. The maximum absolute atomic E-state index is 14.4. The number of aryl methyl sites for hydroxylation is 1. The number of carboxylic acid groups (broad SMARTS) is 1. The first-order valence-corrected chi connectivity index (χ1v) is 21.6. The van der Waals surface area contributed by atoms with Crippen LogP contribution in [-0.2, 0) is 29.0 Å². The molecule has 0 saturated carbocycles. The highest BCUT2D eigenvalue weighted by Gasteiger charge is 2.41. The van der Waals surface area contributed by atoms with Gasteiger partial charge < -0.3 is 29.1 Å². The number of carboxylic acids is 1. The van der Waals surface area contributed by atoms with Crippen molar-refractivity contribution in [2.75, 3.05) is 36.7 Å². The first-order chi connectivity index (χ1) is 28.1. The number of benzene rings is 2. The number of hydrogen-bond acceptors (Lipinski definition) is 13. The molecule has 0 radical (unpaired) electrons. The summed E-state index contributed by atoms with van der Waals surface area (Å²) < 4.78 is 68.8. The van der Waals surface area contributed by atoms with Crippen molar-refractivity contribution in [3.05, 3.63) is 67.9 Å². The molecule has 60 heavy (non-hydrogen) atoms. The average molecular weight is 935 g/mol. The molecule has 1 unspecified atom stereocenters. The van der Waals surface area contributed by atoms with E-state index in [4.69, 9.17) is 70.3 Å². The lowest BCUT2D eigenvalue weighted by Gasteiger charge is -2.19. The molecule has 0 fully saturated rings. The topological polar surface area (TPSA) is 261 Å². The van der Waals surface area contributed by atoms with E-state index in [1.165, 1.54) is 32.4 Å². The quantitative estimate of drug-likeness (QED) is 0.0713. The van der Waals surface area contributed by atoms with Gasteiger partial charge in [-0.2, -0.15) is 22.9 Å². The number of amides is 2. The monoisotopic (exact) mass is 933 g/mol. The zero-order valence-electron chi connectivity index (χ0n) is 31.9. The molecule has 2 aromatic heterocycles. The van der Waals surface area contributed by atoms with Crippen LogP contribution in [0.25, 0.3) is 5.78 Å². The van der Waals surface area contributed by atoms with E-state index in [1.54, 1.807) is 19.9 Å². The van der Waals surface area contributed by atoms with Crippen molar-refractivity contribution in [3.8, 4) is 29.9 Å². The number of nitrogens with one attached hydrogen (secondary N) is 2. The predicted molar refractivity (Wildman–Crippen MR) is 217 cm³/mol. The molecule has 0 bridgehead atoms. The summed E-state index contributed by atoms with van der Waals surface area (Å²) in [7, 11) is -5.47. The third-order valence-corrected chi connectivity index (χ3v) is 11.0. The number of aromatic nitrogens is 4. The summed E-state index contributed by atoms with van der Waals surface area (Å²) in [5.41, 5.74) is 1.51. The second kappa shape index (κ2) is 20.0. The molecule has 2 amide bonds. The second-order valence-electron chi connectivity index (χ2n) is 12.5. The average Bonchev–Trinajstić information content (AvgIpc) is 3.74. The van der Waals surface area contributed by atoms with Gasteiger partial charge in [-0.3, -0.25) is 29.0 Å². The van der Waals surface area contributed by atoms with Crippen LogP contribution in [-0.4, -0.2) is 93.8 Å². The lowest BCUT2D eigenvalue weighted by Crippen LogP contribution is -2.32. The molecule has 1 atom stereocenters. The van der Waals surface area contributed by atoms with Gasteiger partial charge in [-0.25, -0.2) is 9.29 Å². The van der Waals surface area contributed by atoms with Crippen LogP contribution < -0.4 is 29.1 Å². The Morgan fingerprint density at radius 3 is 2.23 bits per heavy atom. The van der Waals surface area contributed by atoms with Gasteiger partial charge in [-0.05, 0) is 57.2 Å². The first-order valence-electron chi connectivity index (χ1n) is 17.1. The predicted octanol–water partition coefficient (Wildman–Crippen LogP) is 4.98. The highest BCUT2D eigenvalue weighted by atomic mass is 35.5. The van der Waals surface area contributed by atoms with Gasteiger partial charge in [0.15, 0.2) is 6.10 Å². The Labute approximate surface area is 357 Å². The number of ether oxygens (including phenoxy) is 3. The zero-order valence-corrected chi connectivity index (χ0v) is 35.9. The Morgan fingerprint density at radius 2 is 1.68 bits per heavy atom. The maximum atomic E-state index is 14.4. The zero-order chi connectivity index (χ0) is 44.7. The van der Waals surface area contributed by atoms with Crippen LogP contribution in [0.4, 0.5) is 15.8 Å². The Balaban J connectivity index is 0.000000217. The normalized spacial score (nSPS) is 14.3. The fourth-order valence-corrected chi connectivity index (χ4v) is 7.51. The third kappa shape index (κ3) is 11.6. The maximum Gasteiger partial charge on any atom is 0.339 e. The van der Waals surface area contributed by atoms with Crippen molar-refractivity contribution in [2.24, 2.45) is 0 Å². The van der Waals surface area contributed by atoms with Gasteiger partial charge in [0.1, 0.15) is 11.6 Å². The Bertz CT molecular complexity index is 2540. The third-order valence-electron chi connectivity index (χ3n) is 8.18. The SMILES string of the molecule is C#CC(C)Oc1cc(N2C(=O)C3=C(CCCC3)C2=O)c(F)cc1Cl.COc1cc(OC)n2nc(S(=O)(=O)Nc3c(Cl)ccc(C)c3Cl)nc2n1.O=C(O)CNCP(=O)(O)O. The van der Waals surface area contributed by atoms with E-state index in [2.05, 4.69) is 31.0 Å². The fraction of sp³-hybridized carbons (Fsp3) is 0.314. The van der Waals surface area contributed by atoms with Gasteiger partial charge in [0, 0.05) is 17.2 Å². The highest BCUT2D eigenvalue weighted by Crippen LogP contribution is 2.40. The van der Waals surface area contributed by atoms with Crippen LogP contribution in [0.2, 0.25) is 15.1 Å². The molecule has 25 heteroatoms. The number of rotatable bonds is 12. The smallest absolute Gasteiger partial charge is 0.339 e. The minimum absolute atomic E-state index is 0.0111. The van der Waals surface area contributed by atoms with Crippen LogP contribution >= 0.6 is 42.4 Å². The Hall–Kier alpha value is -5.04. The number of nitrogens with zero attached hydrogens (tertiary/aromatic N) is 5. The molecule has 2 aliphatic rings. The Kier molecular flexibility index (Phi) is 15.9. The van der Waals surface area contributed by atoms with Crippen LogP contribution in [0.5, 0.6) is 17.5 Å². The number of carbonyl (C=O) groups is 3. The van der Waals surface area contributed by atoms with E-state index in [0.717, 1.165) is 28.3 Å². The van der Waals surface area contributed by atoms with Crippen molar-refractivity contribution < 1.29 is 60.9 Å². The van der Waals surface area contributed by atoms with Gasteiger partial charge in [0.05, 0.1) is 59.6 Å². The molecule has 1 aliphatic heterocycles. The minimum atomic E-state index is -4.18. The van der Waals surface area contributed by atoms with Crippen LogP contribution in [0.3, 0.4) is 0 Å². The first kappa shape index (κ1) is 47.6. The molecular weight excluding hydrogens is 899 g/mol. The van der Waals surface area contributed by atoms with E-state index in [-0.39, 0.29) is 49.7 Å². The molecule has 322 valence electrons. The summed E-state index contributed by atoms with van der Waals surface area (Å²) in [6.45, 7) is 2.91. The van der Waals surface area contributed by atoms with Crippen molar-refractivity contribution in [1.82, 2.24) is 24.9 Å². The van der Waals surface area contributed by atoms with Crippen LogP contribution in [0.15, 0.2) is 46.6 Å². The van der Waals surface area contributed by atoms with E-state index in [1.807, 2.05) is 0 Å². The lowest BCUT2D eigenvalue weighted by atomic mass is 9.93. The van der Waals surface area contributed by atoms with Gasteiger partial charge in [-0.15, -0.1) is 11.5 Å². The molecule has 6 rings (SSSR count). The summed E-state index contributed by atoms with van der Waals surface area (Å²) in [4.78, 5) is 60.1. The standard InChI is InChI=1S/C18H15ClFNO3.C14H13Cl2N5O4S.C3H8NO5P/c1-3-10(2)24-16-9-15(14(20)8-13(16)19)21-17(22)11-6-4-5-7-12(11)18(21)23;1-7-4-5-8(15)12(11(7)16)20-26(22,23)14-18-13-17-9(24-2)6-10(25-3)21(13)19-14;5-3(6)1-4-2-10(7,8)9/h1,8-10H,4-7H2,2H3;4-6,20H,1-3H3;4H,1-2H2,(H,5,6)(H2,7,8,9). The van der Waals surface area contributed by atoms with Gasteiger partial charge in [0.25, 0.3) is 32.8 Å². The van der Waals surface area contributed by atoms with Crippen LogP contribution in [0, 0.1) is 25.1 Å². The number of hydrogen-bond donors (Lipinski definition) is 5. The van der Waals surface area contributed by atoms with E-state index in [0.29, 0.717) is 29.6 Å². The largest absolute Gasteiger partial charge is 0.481 e.